The second-order valence-corrected chi connectivity index (χ2v) is 3.80. The predicted octanol–water partition coefficient (Wildman–Crippen LogP) is 0.238. The summed E-state index contributed by atoms with van der Waals surface area (Å²) < 4.78 is 0. The van der Waals surface area contributed by atoms with Crippen LogP contribution in [0.15, 0.2) is 6.07 Å². The van der Waals surface area contributed by atoms with Crippen LogP contribution in [-0.4, -0.2) is 39.8 Å². The summed E-state index contributed by atoms with van der Waals surface area (Å²) in [6.45, 7) is 5.12. The molecule has 0 saturated heterocycles. The maximum Gasteiger partial charge on any atom is 0.226 e. The zero-order chi connectivity index (χ0) is 12.1. The molecule has 3 N–H and O–H groups in total. The van der Waals surface area contributed by atoms with E-state index >= 15 is 0 Å². The topological polar surface area (TPSA) is 75.3 Å². The third-order valence-electron chi connectivity index (χ3n) is 2.13. The number of nitrogens with two attached hydrogens (primary N) is 1. The van der Waals surface area contributed by atoms with E-state index in [0.29, 0.717) is 18.2 Å². The number of rotatable bonds is 5. The van der Waals surface area contributed by atoms with Gasteiger partial charge >= 0.3 is 0 Å². The summed E-state index contributed by atoms with van der Waals surface area (Å²) in [6, 6.07) is 1.75. The molecule has 0 spiro atoms. The number of aliphatic hydroxyl groups excluding tert-OH is 1. The second-order valence-electron chi connectivity index (χ2n) is 3.36. The number of aryl methyl sites for hydroxylation is 1. The normalized spacial score (nSPS) is 10.2. The van der Waals surface area contributed by atoms with Gasteiger partial charge < -0.3 is 15.7 Å². The van der Waals surface area contributed by atoms with Crippen LogP contribution in [0, 0.1) is 6.92 Å². The van der Waals surface area contributed by atoms with Crippen molar-refractivity contribution >= 4 is 23.2 Å². The van der Waals surface area contributed by atoms with Gasteiger partial charge in [-0.25, -0.2) is 9.97 Å². The van der Waals surface area contributed by atoms with Crippen LogP contribution in [0.4, 0.5) is 5.95 Å². The summed E-state index contributed by atoms with van der Waals surface area (Å²) in [7, 11) is 0. The van der Waals surface area contributed by atoms with Crippen molar-refractivity contribution in [3.8, 4) is 0 Å². The van der Waals surface area contributed by atoms with Crippen LogP contribution >= 0.6 is 12.2 Å². The summed E-state index contributed by atoms with van der Waals surface area (Å²) in [5.41, 5.74) is 6.91. The second kappa shape index (κ2) is 5.72. The van der Waals surface area contributed by atoms with Crippen LogP contribution in [0.1, 0.15) is 18.3 Å². The van der Waals surface area contributed by atoms with Gasteiger partial charge in [0.25, 0.3) is 0 Å². The number of likely N-dealkylation sites (N-methyl/N-ethyl adjacent to an activating group) is 1. The van der Waals surface area contributed by atoms with E-state index in [2.05, 4.69) is 9.97 Å². The lowest BCUT2D eigenvalue weighted by Crippen LogP contribution is -2.29. The Kier molecular flexibility index (Phi) is 4.57. The maximum atomic E-state index is 8.93. The summed E-state index contributed by atoms with van der Waals surface area (Å²) in [4.78, 5) is 10.7. The largest absolute Gasteiger partial charge is 0.395 e. The molecule has 1 heterocycles. The summed E-state index contributed by atoms with van der Waals surface area (Å²) >= 11 is 4.89. The van der Waals surface area contributed by atoms with E-state index in [9.17, 15) is 0 Å². The van der Waals surface area contributed by atoms with Crippen molar-refractivity contribution in [2.45, 2.75) is 13.8 Å². The summed E-state index contributed by atoms with van der Waals surface area (Å²) in [5, 5.41) is 8.93. The minimum atomic E-state index is 0.0630. The van der Waals surface area contributed by atoms with E-state index in [1.54, 1.807) is 6.07 Å². The molecule has 1 rings (SSSR count). The molecule has 6 heteroatoms. The molecule has 0 aliphatic heterocycles. The SMILES string of the molecule is CCN(CCO)c1nc(C)cc(C(N)=S)n1. The molecule has 0 amide bonds. The van der Waals surface area contributed by atoms with E-state index in [0.717, 1.165) is 12.2 Å². The number of aliphatic hydroxyl groups is 1. The first-order valence-corrected chi connectivity index (χ1v) is 5.50. The van der Waals surface area contributed by atoms with Crippen LogP contribution < -0.4 is 10.6 Å². The van der Waals surface area contributed by atoms with Gasteiger partial charge in [-0.15, -0.1) is 0 Å². The molecule has 0 bridgehead atoms. The zero-order valence-electron chi connectivity index (χ0n) is 9.47. The Morgan fingerprint density at radius 3 is 2.75 bits per heavy atom. The van der Waals surface area contributed by atoms with Gasteiger partial charge in [-0.1, -0.05) is 12.2 Å². The third kappa shape index (κ3) is 3.11. The molecule has 0 saturated carbocycles. The van der Waals surface area contributed by atoms with Crippen molar-refractivity contribution in [3.63, 3.8) is 0 Å². The van der Waals surface area contributed by atoms with E-state index in [1.807, 2.05) is 18.7 Å². The number of hydrogen-bond acceptors (Lipinski definition) is 5. The molecule has 0 aromatic carbocycles. The van der Waals surface area contributed by atoms with Gasteiger partial charge in [-0.05, 0) is 19.9 Å². The van der Waals surface area contributed by atoms with Gasteiger partial charge in [0, 0.05) is 18.8 Å². The van der Waals surface area contributed by atoms with E-state index in [4.69, 9.17) is 23.1 Å². The molecule has 1 aromatic heterocycles. The molecular weight excluding hydrogens is 224 g/mol. The van der Waals surface area contributed by atoms with Crippen molar-refractivity contribution in [1.82, 2.24) is 9.97 Å². The minimum absolute atomic E-state index is 0.0630. The molecule has 1 aromatic rings. The van der Waals surface area contributed by atoms with Crippen molar-refractivity contribution < 1.29 is 5.11 Å². The number of nitrogens with zero attached hydrogens (tertiary/aromatic N) is 3. The standard InChI is InChI=1S/C10H16N4OS/c1-3-14(4-5-15)10-12-7(2)6-8(13-10)9(11)16/h6,15H,3-5H2,1-2H3,(H2,11,16). The Morgan fingerprint density at radius 1 is 1.56 bits per heavy atom. The Hall–Kier alpha value is -1.27. The Bertz CT molecular complexity index is 383. The maximum absolute atomic E-state index is 8.93. The Balaban J connectivity index is 3.07. The van der Waals surface area contributed by atoms with Gasteiger partial charge in [0.15, 0.2) is 0 Å². The predicted molar refractivity (Wildman–Crippen MR) is 67.6 cm³/mol. The number of hydrogen-bond donors (Lipinski definition) is 2. The highest BCUT2D eigenvalue weighted by molar-refractivity contribution is 7.80. The minimum Gasteiger partial charge on any atom is -0.395 e. The molecule has 0 unspecified atom stereocenters. The van der Waals surface area contributed by atoms with Crippen molar-refractivity contribution in [1.29, 1.82) is 0 Å². The highest BCUT2D eigenvalue weighted by Gasteiger charge is 2.10. The van der Waals surface area contributed by atoms with Crippen molar-refractivity contribution in [2.24, 2.45) is 5.73 Å². The molecule has 0 aliphatic carbocycles. The molecule has 0 atom stereocenters. The van der Waals surface area contributed by atoms with Crippen LogP contribution in [-0.2, 0) is 0 Å². The summed E-state index contributed by atoms with van der Waals surface area (Å²) in [5.74, 6) is 0.555. The number of anilines is 1. The fraction of sp³-hybridized carbons (Fsp3) is 0.500. The zero-order valence-corrected chi connectivity index (χ0v) is 10.3. The fourth-order valence-electron chi connectivity index (χ4n) is 1.34. The lowest BCUT2D eigenvalue weighted by Gasteiger charge is -2.20. The molecule has 88 valence electrons. The Labute approximate surface area is 100 Å². The molecule has 0 radical (unpaired) electrons. The van der Waals surface area contributed by atoms with Gasteiger partial charge in [0.1, 0.15) is 10.7 Å². The smallest absolute Gasteiger partial charge is 0.226 e. The van der Waals surface area contributed by atoms with Crippen LogP contribution in [0.2, 0.25) is 0 Å². The number of thiocarbonyl (C=S) groups is 1. The lowest BCUT2D eigenvalue weighted by molar-refractivity contribution is 0.301. The fourth-order valence-corrected chi connectivity index (χ4v) is 1.45. The van der Waals surface area contributed by atoms with Crippen LogP contribution in [0.3, 0.4) is 0 Å². The lowest BCUT2D eigenvalue weighted by atomic mass is 10.3. The molecule has 5 nitrogen and oxygen atoms in total. The van der Waals surface area contributed by atoms with Gasteiger partial charge in [0.05, 0.1) is 6.61 Å². The first-order valence-electron chi connectivity index (χ1n) is 5.09. The third-order valence-corrected chi connectivity index (χ3v) is 2.34. The van der Waals surface area contributed by atoms with Crippen LogP contribution in [0.25, 0.3) is 0 Å². The number of aromatic nitrogens is 2. The van der Waals surface area contributed by atoms with E-state index < -0.39 is 0 Å². The molecular formula is C10H16N4OS. The van der Waals surface area contributed by atoms with Crippen LogP contribution in [0.5, 0.6) is 0 Å². The summed E-state index contributed by atoms with van der Waals surface area (Å²) in [6.07, 6.45) is 0. The van der Waals surface area contributed by atoms with Crippen molar-refractivity contribution in [3.05, 3.63) is 17.5 Å². The molecule has 0 aliphatic rings. The van der Waals surface area contributed by atoms with E-state index in [-0.39, 0.29) is 11.6 Å². The van der Waals surface area contributed by atoms with Gasteiger partial charge in [0.2, 0.25) is 5.95 Å². The van der Waals surface area contributed by atoms with E-state index in [1.165, 1.54) is 0 Å². The first kappa shape index (κ1) is 12.8. The van der Waals surface area contributed by atoms with Crippen molar-refractivity contribution in [2.75, 3.05) is 24.6 Å². The highest BCUT2D eigenvalue weighted by Crippen LogP contribution is 2.09. The average molecular weight is 240 g/mol. The molecule has 0 fully saturated rings. The Morgan fingerprint density at radius 2 is 2.25 bits per heavy atom. The van der Waals surface area contributed by atoms with Gasteiger partial charge in [-0.2, -0.15) is 0 Å². The monoisotopic (exact) mass is 240 g/mol. The highest BCUT2D eigenvalue weighted by atomic mass is 32.1. The molecule has 16 heavy (non-hydrogen) atoms. The van der Waals surface area contributed by atoms with Gasteiger partial charge in [-0.3, -0.25) is 0 Å². The average Bonchev–Trinajstić information content (AvgIpc) is 2.24. The first-order chi connectivity index (χ1) is 7.58. The quantitative estimate of drug-likeness (QED) is 0.718.